The molecule has 5 rings (SSSR count). The van der Waals surface area contributed by atoms with Crippen LogP contribution in [0.15, 0.2) is 121 Å². The largest absolute Gasteiger partial charge is 0.481 e. The van der Waals surface area contributed by atoms with Crippen LogP contribution in [0.25, 0.3) is 0 Å². The highest BCUT2D eigenvalue weighted by atomic mass is 31.1. The van der Waals surface area contributed by atoms with Crippen LogP contribution in [0.4, 0.5) is 0 Å². The summed E-state index contributed by atoms with van der Waals surface area (Å²) in [7, 11) is -1.47. The van der Waals surface area contributed by atoms with Crippen LogP contribution in [0.5, 0.6) is 0 Å². The smallest absolute Gasteiger partial charge is 0.307 e. The first kappa shape index (κ1) is 32.5. The third-order valence-corrected chi connectivity index (χ3v) is 13.6. The second-order valence-electron chi connectivity index (χ2n) is 11.4. The number of benzene rings is 4. The quantitative estimate of drug-likeness (QED) is 0.194. The van der Waals surface area contributed by atoms with Gasteiger partial charge in [0, 0.05) is 19.0 Å². The van der Waals surface area contributed by atoms with Gasteiger partial charge in [-0.25, -0.2) is 0 Å². The number of hydrogen-bond acceptors (Lipinski definition) is 3. The Bertz CT molecular complexity index is 1370. The fourth-order valence-corrected chi connectivity index (χ4v) is 10.9. The molecular formula is C37H39NO5P2. The first-order valence-corrected chi connectivity index (χ1v) is 18.5. The molecule has 8 heteroatoms. The molecule has 1 saturated carbocycles. The van der Waals surface area contributed by atoms with Gasteiger partial charge < -0.3 is 15.1 Å². The predicted octanol–water partition coefficient (Wildman–Crippen LogP) is 5.28. The van der Waals surface area contributed by atoms with Crippen LogP contribution in [0, 0.1) is 17.8 Å². The molecule has 0 saturated heterocycles. The molecule has 0 aromatic heterocycles. The van der Waals surface area contributed by atoms with Gasteiger partial charge in [-0.15, -0.1) is 0 Å². The number of amides is 1. The number of carbonyl (C=O) groups excluding carboxylic acids is 1. The lowest BCUT2D eigenvalue weighted by Gasteiger charge is -2.35. The van der Waals surface area contributed by atoms with Crippen molar-refractivity contribution < 1.29 is 24.6 Å². The molecule has 0 radical (unpaired) electrons. The van der Waals surface area contributed by atoms with Crippen molar-refractivity contribution in [3.8, 4) is 0 Å². The van der Waals surface area contributed by atoms with E-state index in [1.54, 1.807) is 0 Å². The molecule has 3 atom stereocenters. The fourth-order valence-electron chi connectivity index (χ4n) is 6.24. The number of carboxylic acid groups (broad SMARTS) is 2. The standard InChI is InChI=1S/C37H39NO5P2/c39-35(28-21-22-33(36(40)41)34(27-28)37(42)43)38(23-25-44(29-13-5-1-6-14-29)30-15-7-2-8-16-30)24-26-45(31-17-9-3-10-18-31)32-19-11-4-12-20-32/h1-20,28,33-34H,21-27H2,(H,40,41)(H,42,43). The summed E-state index contributed by atoms with van der Waals surface area (Å²) in [5.74, 6) is -4.84. The number of hydrogen-bond donors (Lipinski definition) is 2. The predicted molar refractivity (Wildman–Crippen MR) is 184 cm³/mol. The third-order valence-electron chi connectivity index (χ3n) is 8.60. The molecule has 1 amide bonds. The zero-order valence-corrected chi connectivity index (χ0v) is 27.0. The van der Waals surface area contributed by atoms with Crippen molar-refractivity contribution >= 4 is 54.9 Å². The van der Waals surface area contributed by atoms with Gasteiger partial charge in [-0.3, -0.25) is 14.4 Å². The number of carbonyl (C=O) groups is 3. The summed E-state index contributed by atoms with van der Waals surface area (Å²) in [5, 5.41) is 24.5. The average Bonchev–Trinajstić information content (AvgIpc) is 3.08. The number of aliphatic carboxylic acids is 2. The van der Waals surface area contributed by atoms with Crippen molar-refractivity contribution in [2.45, 2.75) is 19.3 Å². The highest BCUT2D eigenvalue weighted by Gasteiger charge is 2.42. The SMILES string of the molecule is O=C(O)C1CCC(C(=O)N(CCP(c2ccccc2)c2ccccc2)CCP(c2ccccc2)c2ccccc2)CC1C(=O)O. The van der Waals surface area contributed by atoms with Gasteiger partial charge in [-0.05, 0) is 68.6 Å². The Morgan fingerprint density at radius 1 is 0.556 bits per heavy atom. The summed E-state index contributed by atoms with van der Waals surface area (Å²) < 4.78 is 0. The molecule has 232 valence electrons. The Balaban J connectivity index is 1.42. The minimum absolute atomic E-state index is 0.0555. The molecule has 1 fully saturated rings. The first-order chi connectivity index (χ1) is 21.9. The van der Waals surface area contributed by atoms with Crippen LogP contribution in [-0.4, -0.2) is 58.4 Å². The van der Waals surface area contributed by atoms with Gasteiger partial charge in [-0.2, -0.15) is 0 Å². The fraction of sp³-hybridized carbons (Fsp3) is 0.270. The molecule has 0 aliphatic heterocycles. The van der Waals surface area contributed by atoms with E-state index in [2.05, 4.69) is 97.1 Å². The second-order valence-corrected chi connectivity index (χ2v) is 16.0. The molecule has 1 aliphatic rings. The van der Waals surface area contributed by atoms with Gasteiger partial charge in [0.25, 0.3) is 0 Å². The monoisotopic (exact) mass is 639 g/mol. The molecule has 1 aliphatic carbocycles. The van der Waals surface area contributed by atoms with Crippen LogP contribution in [0.1, 0.15) is 19.3 Å². The second kappa shape index (κ2) is 15.9. The summed E-state index contributed by atoms with van der Waals surface area (Å²) in [6.45, 7) is 1.08. The summed E-state index contributed by atoms with van der Waals surface area (Å²) >= 11 is 0. The molecule has 6 nitrogen and oxygen atoms in total. The molecule has 2 N–H and O–H groups in total. The maximum Gasteiger partial charge on any atom is 0.307 e. The maximum absolute atomic E-state index is 14.3. The van der Waals surface area contributed by atoms with Crippen molar-refractivity contribution in [1.82, 2.24) is 4.90 Å². The van der Waals surface area contributed by atoms with Crippen molar-refractivity contribution in [2.75, 3.05) is 25.4 Å². The highest BCUT2D eigenvalue weighted by Crippen LogP contribution is 2.38. The molecule has 45 heavy (non-hydrogen) atoms. The van der Waals surface area contributed by atoms with E-state index < -0.39 is 45.5 Å². The Morgan fingerprint density at radius 2 is 0.911 bits per heavy atom. The zero-order valence-electron chi connectivity index (χ0n) is 25.2. The summed E-state index contributed by atoms with van der Waals surface area (Å²) in [6.07, 6.45) is 2.18. The van der Waals surface area contributed by atoms with Gasteiger partial charge in [0.1, 0.15) is 0 Å². The highest BCUT2D eigenvalue weighted by molar-refractivity contribution is 7.73. The van der Waals surface area contributed by atoms with E-state index in [9.17, 15) is 24.6 Å². The van der Waals surface area contributed by atoms with Crippen molar-refractivity contribution in [2.24, 2.45) is 17.8 Å². The summed E-state index contributed by atoms with van der Waals surface area (Å²) in [6, 6.07) is 41.7. The van der Waals surface area contributed by atoms with Crippen LogP contribution >= 0.6 is 15.8 Å². The van der Waals surface area contributed by atoms with Crippen LogP contribution in [0.2, 0.25) is 0 Å². The van der Waals surface area contributed by atoms with E-state index in [4.69, 9.17) is 0 Å². The number of nitrogens with zero attached hydrogens (tertiary/aromatic N) is 1. The van der Waals surface area contributed by atoms with Crippen LogP contribution in [-0.2, 0) is 14.4 Å². The van der Waals surface area contributed by atoms with E-state index in [0.717, 1.165) is 12.3 Å². The summed E-state index contributed by atoms with van der Waals surface area (Å²) in [4.78, 5) is 40.2. The van der Waals surface area contributed by atoms with E-state index in [1.165, 1.54) is 21.2 Å². The lowest BCUT2D eigenvalue weighted by Crippen LogP contribution is -2.45. The summed E-state index contributed by atoms with van der Waals surface area (Å²) in [5.41, 5.74) is 0. The topological polar surface area (TPSA) is 94.9 Å². The van der Waals surface area contributed by atoms with Gasteiger partial charge >= 0.3 is 11.9 Å². The van der Waals surface area contributed by atoms with E-state index in [1.807, 2.05) is 29.2 Å². The minimum Gasteiger partial charge on any atom is -0.481 e. The Labute approximate surface area is 267 Å². The van der Waals surface area contributed by atoms with E-state index >= 15 is 0 Å². The van der Waals surface area contributed by atoms with E-state index in [0.29, 0.717) is 19.5 Å². The van der Waals surface area contributed by atoms with Crippen molar-refractivity contribution in [3.05, 3.63) is 121 Å². The van der Waals surface area contributed by atoms with Gasteiger partial charge in [-0.1, -0.05) is 121 Å². The number of carboxylic acids is 2. The molecule has 0 bridgehead atoms. The molecule has 4 aromatic carbocycles. The maximum atomic E-state index is 14.3. The Kier molecular flexibility index (Phi) is 11.5. The van der Waals surface area contributed by atoms with E-state index in [-0.39, 0.29) is 18.7 Å². The first-order valence-electron chi connectivity index (χ1n) is 15.4. The molecule has 4 aromatic rings. The lowest BCUT2D eigenvalue weighted by molar-refractivity contribution is -0.158. The van der Waals surface area contributed by atoms with Crippen molar-refractivity contribution in [3.63, 3.8) is 0 Å². The van der Waals surface area contributed by atoms with Gasteiger partial charge in [0.2, 0.25) is 5.91 Å². The van der Waals surface area contributed by atoms with Gasteiger partial charge in [0.15, 0.2) is 0 Å². The third kappa shape index (κ3) is 8.45. The molecule has 0 heterocycles. The van der Waals surface area contributed by atoms with Crippen LogP contribution < -0.4 is 21.2 Å². The normalized spacial score (nSPS) is 18.0. The van der Waals surface area contributed by atoms with Gasteiger partial charge in [0.05, 0.1) is 11.8 Å². The van der Waals surface area contributed by atoms with Crippen LogP contribution in [0.3, 0.4) is 0 Å². The van der Waals surface area contributed by atoms with Crippen molar-refractivity contribution in [1.29, 1.82) is 0 Å². The minimum atomic E-state index is -1.14. The number of rotatable bonds is 13. The molecular weight excluding hydrogens is 600 g/mol. The lowest BCUT2D eigenvalue weighted by atomic mass is 9.73. The Morgan fingerprint density at radius 3 is 1.24 bits per heavy atom. The molecule has 3 unspecified atom stereocenters. The Hall–Kier alpha value is -3.85. The molecule has 0 spiro atoms. The zero-order chi connectivity index (χ0) is 31.6. The average molecular weight is 640 g/mol.